The topological polar surface area (TPSA) is 64.1 Å². The van der Waals surface area contributed by atoms with Gasteiger partial charge in [-0.05, 0) is 13.3 Å². The number of carbonyl (C=O) groups excluding carboxylic acids is 1. The number of hydrogen-bond acceptors (Lipinski definition) is 6. The van der Waals surface area contributed by atoms with E-state index < -0.39 is 0 Å². The second-order valence-corrected chi connectivity index (χ2v) is 3.96. The Kier molecular flexibility index (Phi) is 5.77. The molecule has 6 heteroatoms. The number of nitrogens with one attached hydrogen (secondary N) is 1. The lowest BCUT2D eigenvalue weighted by Crippen LogP contribution is -2.08. The summed E-state index contributed by atoms with van der Waals surface area (Å²) in [6, 6.07) is 0. The third-order valence-corrected chi connectivity index (χ3v) is 2.63. The maximum absolute atomic E-state index is 11.0. The summed E-state index contributed by atoms with van der Waals surface area (Å²) in [6.07, 6.45) is 2.04. The van der Waals surface area contributed by atoms with Gasteiger partial charge in [-0.3, -0.25) is 4.79 Å². The van der Waals surface area contributed by atoms with Crippen LogP contribution in [0.15, 0.2) is 0 Å². The first-order valence-corrected chi connectivity index (χ1v) is 6.25. The zero-order valence-electron chi connectivity index (χ0n) is 9.65. The Morgan fingerprint density at radius 3 is 2.94 bits per heavy atom. The van der Waals surface area contributed by atoms with Crippen LogP contribution in [0.3, 0.4) is 0 Å². The molecule has 0 saturated heterocycles. The molecule has 0 saturated carbocycles. The number of carbonyl (C=O) groups is 1. The Morgan fingerprint density at radius 1 is 1.50 bits per heavy atom. The molecule has 0 aromatic carbocycles. The molecule has 1 heterocycles. The summed E-state index contributed by atoms with van der Waals surface area (Å²) in [4.78, 5) is 15.3. The highest BCUT2D eigenvalue weighted by molar-refractivity contribution is 7.09. The van der Waals surface area contributed by atoms with Gasteiger partial charge >= 0.3 is 5.97 Å². The van der Waals surface area contributed by atoms with Gasteiger partial charge in [-0.25, -0.2) is 4.98 Å². The summed E-state index contributed by atoms with van der Waals surface area (Å²) in [7, 11) is 0. The van der Waals surface area contributed by atoms with Crippen molar-refractivity contribution in [2.24, 2.45) is 0 Å². The molecule has 0 fully saturated rings. The van der Waals surface area contributed by atoms with Crippen LogP contribution >= 0.6 is 11.5 Å². The van der Waals surface area contributed by atoms with Gasteiger partial charge in [-0.1, -0.05) is 6.92 Å². The van der Waals surface area contributed by atoms with Crippen LogP contribution < -0.4 is 5.32 Å². The fourth-order valence-corrected chi connectivity index (χ4v) is 1.81. The van der Waals surface area contributed by atoms with Gasteiger partial charge < -0.3 is 10.1 Å². The van der Waals surface area contributed by atoms with Crippen molar-refractivity contribution in [2.75, 3.05) is 18.5 Å². The van der Waals surface area contributed by atoms with E-state index in [0.29, 0.717) is 13.0 Å². The average Bonchev–Trinajstić information content (AvgIpc) is 2.73. The third-order valence-electron chi connectivity index (χ3n) is 1.92. The molecule has 0 aliphatic carbocycles. The molecule has 0 aliphatic rings. The van der Waals surface area contributed by atoms with Gasteiger partial charge in [0, 0.05) is 30.9 Å². The van der Waals surface area contributed by atoms with Crippen LogP contribution in [-0.2, 0) is 16.0 Å². The van der Waals surface area contributed by atoms with E-state index in [1.165, 1.54) is 11.5 Å². The van der Waals surface area contributed by atoms with Gasteiger partial charge in [0.1, 0.15) is 5.82 Å². The Morgan fingerprint density at radius 2 is 2.31 bits per heavy atom. The Hall–Kier alpha value is -1.17. The van der Waals surface area contributed by atoms with Crippen molar-refractivity contribution in [3.63, 3.8) is 0 Å². The standard InChI is InChI=1S/C10H17N3O2S/c1-3-8-12-10(16-13-8)11-7-5-6-9(14)15-4-2/h3-7H2,1-2H3,(H,11,12,13). The first kappa shape index (κ1) is 12.9. The summed E-state index contributed by atoms with van der Waals surface area (Å²) in [5, 5.41) is 3.95. The number of rotatable bonds is 7. The number of hydrogen-bond donors (Lipinski definition) is 1. The highest BCUT2D eigenvalue weighted by Gasteiger charge is 2.03. The van der Waals surface area contributed by atoms with Crippen molar-refractivity contribution in [1.82, 2.24) is 9.36 Å². The monoisotopic (exact) mass is 243 g/mol. The molecular formula is C10H17N3O2S. The summed E-state index contributed by atoms with van der Waals surface area (Å²) >= 11 is 1.35. The summed E-state index contributed by atoms with van der Waals surface area (Å²) in [6.45, 7) is 5.00. The van der Waals surface area contributed by atoms with Crippen molar-refractivity contribution >= 4 is 22.6 Å². The van der Waals surface area contributed by atoms with E-state index in [-0.39, 0.29) is 5.97 Å². The predicted octanol–water partition coefficient (Wildman–Crippen LogP) is 1.86. The predicted molar refractivity (Wildman–Crippen MR) is 63.6 cm³/mol. The van der Waals surface area contributed by atoms with Crippen molar-refractivity contribution < 1.29 is 9.53 Å². The van der Waals surface area contributed by atoms with Crippen molar-refractivity contribution in [2.45, 2.75) is 33.1 Å². The number of esters is 1. The van der Waals surface area contributed by atoms with Gasteiger partial charge in [-0.2, -0.15) is 4.37 Å². The number of nitrogens with zero attached hydrogens (tertiary/aromatic N) is 2. The van der Waals surface area contributed by atoms with Gasteiger partial charge in [0.15, 0.2) is 0 Å². The molecule has 0 radical (unpaired) electrons. The fourth-order valence-electron chi connectivity index (χ4n) is 1.13. The molecule has 0 bridgehead atoms. The smallest absolute Gasteiger partial charge is 0.305 e. The van der Waals surface area contributed by atoms with Gasteiger partial charge in [0.05, 0.1) is 6.61 Å². The zero-order valence-corrected chi connectivity index (χ0v) is 10.5. The van der Waals surface area contributed by atoms with Gasteiger partial charge in [0.25, 0.3) is 0 Å². The number of aromatic nitrogens is 2. The normalized spacial score (nSPS) is 10.1. The van der Waals surface area contributed by atoms with Crippen molar-refractivity contribution in [3.05, 3.63) is 5.82 Å². The van der Waals surface area contributed by atoms with Crippen molar-refractivity contribution in [1.29, 1.82) is 0 Å². The molecule has 5 nitrogen and oxygen atoms in total. The second kappa shape index (κ2) is 7.16. The van der Waals surface area contributed by atoms with E-state index in [4.69, 9.17) is 4.74 Å². The average molecular weight is 243 g/mol. The molecule has 0 spiro atoms. The Bertz CT molecular complexity index is 328. The van der Waals surface area contributed by atoms with E-state index in [9.17, 15) is 4.79 Å². The molecule has 1 N–H and O–H groups in total. The number of aryl methyl sites for hydroxylation is 1. The molecule has 0 aliphatic heterocycles. The van der Waals surface area contributed by atoms with Crippen LogP contribution in [-0.4, -0.2) is 28.5 Å². The van der Waals surface area contributed by atoms with Crippen LogP contribution in [0.2, 0.25) is 0 Å². The Labute approximate surface area is 99.4 Å². The van der Waals surface area contributed by atoms with Gasteiger partial charge in [-0.15, -0.1) is 0 Å². The lowest BCUT2D eigenvalue weighted by atomic mass is 10.3. The number of ether oxygens (including phenoxy) is 1. The van der Waals surface area contributed by atoms with E-state index in [1.807, 2.05) is 13.8 Å². The lowest BCUT2D eigenvalue weighted by Gasteiger charge is -2.02. The SMILES string of the molecule is CCOC(=O)CCCNc1nc(CC)ns1. The molecule has 0 unspecified atom stereocenters. The molecule has 0 amide bonds. The molecule has 1 aromatic heterocycles. The molecule has 90 valence electrons. The molecular weight excluding hydrogens is 226 g/mol. The van der Waals surface area contributed by atoms with Crippen molar-refractivity contribution in [3.8, 4) is 0 Å². The maximum Gasteiger partial charge on any atom is 0.305 e. The van der Waals surface area contributed by atoms with E-state index in [1.54, 1.807) is 0 Å². The second-order valence-electron chi connectivity index (χ2n) is 3.20. The van der Waals surface area contributed by atoms with Crippen LogP contribution in [0, 0.1) is 0 Å². The lowest BCUT2D eigenvalue weighted by molar-refractivity contribution is -0.143. The summed E-state index contributed by atoms with van der Waals surface area (Å²) in [5.41, 5.74) is 0. The van der Waals surface area contributed by atoms with E-state index in [0.717, 1.165) is 30.3 Å². The Balaban J connectivity index is 2.13. The third kappa shape index (κ3) is 4.57. The van der Waals surface area contributed by atoms with Crippen LogP contribution in [0.25, 0.3) is 0 Å². The summed E-state index contributed by atoms with van der Waals surface area (Å²) < 4.78 is 8.98. The minimum Gasteiger partial charge on any atom is -0.466 e. The van der Waals surface area contributed by atoms with Crippen LogP contribution in [0.1, 0.15) is 32.5 Å². The minimum absolute atomic E-state index is 0.143. The molecule has 1 rings (SSSR count). The number of anilines is 1. The zero-order chi connectivity index (χ0) is 11.8. The minimum atomic E-state index is -0.143. The quantitative estimate of drug-likeness (QED) is 0.585. The van der Waals surface area contributed by atoms with E-state index in [2.05, 4.69) is 14.7 Å². The highest BCUT2D eigenvalue weighted by atomic mass is 32.1. The molecule has 16 heavy (non-hydrogen) atoms. The first-order chi connectivity index (χ1) is 7.76. The fraction of sp³-hybridized carbons (Fsp3) is 0.700. The molecule has 1 aromatic rings. The van der Waals surface area contributed by atoms with Gasteiger partial charge in [0.2, 0.25) is 5.13 Å². The largest absolute Gasteiger partial charge is 0.466 e. The van der Waals surface area contributed by atoms with Crippen LogP contribution in [0.4, 0.5) is 5.13 Å². The maximum atomic E-state index is 11.0. The summed E-state index contributed by atoms with van der Waals surface area (Å²) in [5.74, 6) is 0.716. The molecule has 0 atom stereocenters. The van der Waals surface area contributed by atoms with Crippen LogP contribution in [0.5, 0.6) is 0 Å². The highest BCUT2D eigenvalue weighted by Crippen LogP contribution is 2.11. The first-order valence-electron chi connectivity index (χ1n) is 5.48. The van der Waals surface area contributed by atoms with E-state index >= 15 is 0 Å².